The van der Waals surface area contributed by atoms with Gasteiger partial charge in [0.05, 0.1) is 30.4 Å². The second-order valence-electron chi connectivity index (χ2n) is 4.04. The summed E-state index contributed by atoms with van der Waals surface area (Å²) < 4.78 is 10.9. The molecule has 1 saturated heterocycles. The molecular formula is C11H13NO3S. The summed E-state index contributed by atoms with van der Waals surface area (Å²) in [6.07, 6.45) is 2.44. The third kappa shape index (κ3) is 1.79. The van der Waals surface area contributed by atoms with Gasteiger partial charge in [0, 0.05) is 6.42 Å². The van der Waals surface area contributed by atoms with Crippen molar-refractivity contribution in [1.29, 1.82) is 0 Å². The molecule has 1 fully saturated rings. The zero-order valence-electron chi connectivity index (χ0n) is 8.90. The van der Waals surface area contributed by atoms with Gasteiger partial charge in [-0.05, 0) is 12.8 Å². The summed E-state index contributed by atoms with van der Waals surface area (Å²) in [5.41, 5.74) is 0.963. The second-order valence-corrected chi connectivity index (χ2v) is 5.07. The van der Waals surface area contributed by atoms with Gasteiger partial charge < -0.3 is 9.47 Å². The predicted molar refractivity (Wildman–Crippen MR) is 58.9 cm³/mol. The molecule has 1 atom stereocenters. The van der Waals surface area contributed by atoms with Crippen molar-refractivity contribution >= 4 is 17.1 Å². The minimum absolute atomic E-state index is 0.0721. The minimum Gasteiger partial charge on any atom is -0.376 e. The molecule has 0 amide bonds. The molecule has 1 aliphatic heterocycles. The highest BCUT2D eigenvalue weighted by atomic mass is 32.1. The van der Waals surface area contributed by atoms with Crippen LogP contribution in [0.3, 0.4) is 0 Å². The van der Waals surface area contributed by atoms with Crippen molar-refractivity contribution in [2.45, 2.75) is 25.4 Å². The zero-order chi connectivity index (χ0) is 11.0. The molecule has 1 aliphatic carbocycles. The number of aryl methyl sites for hydroxylation is 1. The van der Waals surface area contributed by atoms with Gasteiger partial charge in [-0.1, -0.05) is 0 Å². The molecule has 0 spiro atoms. The van der Waals surface area contributed by atoms with E-state index >= 15 is 0 Å². The fourth-order valence-electron chi connectivity index (χ4n) is 2.06. The van der Waals surface area contributed by atoms with Crippen molar-refractivity contribution in [3.8, 4) is 0 Å². The molecule has 1 unspecified atom stereocenters. The lowest BCUT2D eigenvalue weighted by atomic mass is 10.0. The van der Waals surface area contributed by atoms with Crippen molar-refractivity contribution in [1.82, 2.24) is 4.98 Å². The highest BCUT2D eigenvalue weighted by Crippen LogP contribution is 2.32. The number of hydrogen-bond acceptors (Lipinski definition) is 5. The van der Waals surface area contributed by atoms with Gasteiger partial charge in [-0.25, -0.2) is 4.98 Å². The van der Waals surface area contributed by atoms with Gasteiger partial charge in [0.2, 0.25) is 0 Å². The van der Waals surface area contributed by atoms with E-state index in [1.54, 1.807) is 0 Å². The van der Waals surface area contributed by atoms with Crippen molar-refractivity contribution in [3.05, 3.63) is 15.6 Å². The van der Waals surface area contributed by atoms with Crippen LogP contribution in [0.25, 0.3) is 0 Å². The summed E-state index contributed by atoms with van der Waals surface area (Å²) in [6, 6.07) is 0. The Bertz CT molecular complexity index is 409. The minimum atomic E-state index is -0.0721. The summed E-state index contributed by atoms with van der Waals surface area (Å²) in [4.78, 5) is 17.0. The Kier molecular flexibility index (Phi) is 2.75. The van der Waals surface area contributed by atoms with E-state index in [2.05, 4.69) is 4.98 Å². The lowest BCUT2D eigenvalue weighted by Crippen LogP contribution is -2.21. The van der Waals surface area contributed by atoms with Crippen LogP contribution in [0.2, 0.25) is 0 Å². The van der Waals surface area contributed by atoms with Crippen LogP contribution in [0.4, 0.5) is 0 Å². The highest BCUT2D eigenvalue weighted by molar-refractivity contribution is 7.14. The molecule has 2 aliphatic rings. The summed E-state index contributed by atoms with van der Waals surface area (Å²) in [5.74, 6) is 0.238. The number of fused-ring (bicyclic) bond motifs is 1. The van der Waals surface area contributed by atoms with Crippen LogP contribution in [0.1, 0.15) is 39.3 Å². The second kappa shape index (κ2) is 4.24. The average Bonchev–Trinajstić information content (AvgIpc) is 2.76. The molecule has 0 saturated carbocycles. The first-order valence-electron chi connectivity index (χ1n) is 5.57. The Morgan fingerprint density at radius 1 is 1.31 bits per heavy atom. The predicted octanol–water partition coefficient (Wildman–Crippen LogP) is 1.75. The van der Waals surface area contributed by atoms with Gasteiger partial charge in [0.25, 0.3) is 0 Å². The van der Waals surface area contributed by atoms with Crippen LogP contribution in [-0.4, -0.2) is 30.6 Å². The maximum atomic E-state index is 11.7. The van der Waals surface area contributed by atoms with Crippen LogP contribution in [-0.2, 0) is 15.9 Å². The molecule has 0 N–H and O–H groups in total. The fourth-order valence-corrected chi connectivity index (χ4v) is 3.17. The number of Topliss-reactive ketones (excluding diaryl/α,β-unsaturated/α-hetero) is 1. The van der Waals surface area contributed by atoms with Crippen LogP contribution >= 0.6 is 11.3 Å². The van der Waals surface area contributed by atoms with Gasteiger partial charge in [0.1, 0.15) is 11.1 Å². The molecule has 3 rings (SSSR count). The first kappa shape index (κ1) is 10.4. The monoisotopic (exact) mass is 239 g/mol. The van der Waals surface area contributed by atoms with E-state index in [0.717, 1.165) is 28.4 Å². The van der Waals surface area contributed by atoms with E-state index in [-0.39, 0.29) is 11.9 Å². The smallest absolute Gasteiger partial charge is 0.174 e. The van der Waals surface area contributed by atoms with E-state index in [9.17, 15) is 4.79 Å². The standard InChI is InChI=1S/C11H13NO3S/c13-8-3-1-2-7-10(8)16-11(12-7)9-6-14-4-5-15-9/h9H,1-6H2. The number of aromatic nitrogens is 1. The largest absolute Gasteiger partial charge is 0.376 e. The number of hydrogen-bond donors (Lipinski definition) is 0. The Balaban J connectivity index is 1.88. The molecule has 0 radical (unpaired) electrons. The molecule has 5 heteroatoms. The molecule has 0 bridgehead atoms. The Morgan fingerprint density at radius 3 is 3.00 bits per heavy atom. The molecule has 1 aromatic heterocycles. The molecule has 2 heterocycles. The topological polar surface area (TPSA) is 48.4 Å². The maximum Gasteiger partial charge on any atom is 0.174 e. The molecule has 4 nitrogen and oxygen atoms in total. The van der Waals surface area contributed by atoms with E-state index in [4.69, 9.17) is 9.47 Å². The molecule has 16 heavy (non-hydrogen) atoms. The molecule has 1 aromatic rings. The lowest BCUT2D eigenvalue weighted by Gasteiger charge is -2.20. The summed E-state index contributed by atoms with van der Waals surface area (Å²) in [5, 5.41) is 0.903. The first-order chi connectivity index (χ1) is 7.84. The number of ketones is 1. The fraction of sp³-hybridized carbons (Fsp3) is 0.636. The number of nitrogens with zero attached hydrogens (tertiary/aromatic N) is 1. The van der Waals surface area contributed by atoms with Gasteiger partial charge in [-0.15, -0.1) is 11.3 Å². The van der Waals surface area contributed by atoms with Crippen LogP contribution in [0.15, 0.2) is 0 Å². The van der Waals surface area contributed by atoms with Crippen molar-refractivity contribution in [2.24, 2.45) is 0 Å². The lowest BCUT2D eigenvalue weighted by molar-refractivity contribution is -0.0902. The van der Waals surface area contributed by atoms with E-state index in [1.807, 2.05) is 0 Å². The molecular weight excluding hydrogens is 226 g/mol. The van der Waals surface area contributed by atoms with Gasteiger partial charge in [-0.3, -0.25) is 4.79 Å². The zero-order valence-corrected chi connectivity index (χ0v) is 9.72. The number of thiazole rings is 1. The van der Waals surface area contributed by atoms with Crippen molar-refractivity contribution < 1.29 is 14.3 Å². The Hall–Kier alpha value is -0.780. The highest BCUT2D eigenvalue weighted by Gasteiger charge is 2.26. The normalized spacial score (nSPS) is 25.5. The summed E-state index contributed by atoms with van der Waals surface area (Å²) >= 11 is 1.48. The summed E-state index contributed by atoms with van der Waals surface area (Å²) in [6.45, 7) is 1.82. The van der Waals surface area contributed by atoms with Crippen LogP contribution in [0, 0.1) is 0 Å². The average molecular weight is 239 g/mol. The van der Waals surface area contributed by atoms with Gasteiger partial charge in [-0.2, -0.15) is 0 Å². The Morgan fingerprint density at radius 2 is 2.25 bits per heavy atom. The van der Waals surface area contributed by atoms with Crippen molar-refractivity contribution in [2.75, 3.05) is 19.8 Å². The van der Waals surface area contributed by atoms with Crippen molar-refractivity contribution in [3.63, 3.8) is 0 Å². The third-order valence-corrected chi connectivity index (χ3v) is 4.11. The molecule has 0 aromatic carbocycles. The number of carbonyl (C=O) groups is 1. The van der Waals surface area contributed by atoms with Crippen LogP contribution < -0.4 is 0 Å². The van der Waals surface area contributed by atoms with E-state index in [1.165, 1.54) is 11.3 Å². The van der Waals surface area contributed by atoms with Gasteiger partial charge in [0.15, 0.2) is 5.78 Å². The van der Waals surface area contributed by atoms with E-state index in [0.29, 0.717) is 26.2 Å². The van der Waals surface area contributed by atoms with Gasteiger partial charge >= 0.3 is 0 Å². The number of carbonyl (C=O) groups excluding carboxylic acids is 1. The quantitative estimate of drug-likeness (QED) is 0.749. The third-order valence-electron chi connectivity index (χ3n) is 2.88. The molecule has 86 valence electrons. The Labute approximate surface area is 97.6 Å². The number of rotatable bonds is 1. The van der Waals surface area contributed by atoms with Crippen LogP contribution in [0.5, 0.6) is 0 Å². The van der Waals surface area contributed by atoms with E-state index < -0.39 is 0 Å². The first-order valence-corrected chi connectivity index (χ1v) is 6.38. The number of ether oxygens (including phenoxy) is 2. The SMILES string of the molecule is O=C1CCCc2nc(C3COCCO3)sc21. The maximum absolute atomic E-state index is 11.7. The summed E-state index contributed by atoms with van der Waals surface area (Å²) in [7, 11) is 0.